The fraction of sp³-hybridized carbons (Fsp3) is 0.417. The molecule has 10 heteroatoms. The Hall–Kier alpha value is -4.30. The van der Waals surface area contributed by atoms with E-state index in [1.54, 1.807) is 25.4 Å². The molecule has 0 aliphatic carbocycles. The largest absolute Gasteiger partial charge is 0.508 e. The molecule has 0 radical (unpaired) electrons. The van der Waals surface area contributed by atoms with E-state index in [4.69, 9.17) is 25.9 Å². The highest BCUT2D eigenvalue weighted by atomic mass is 19.1. The van der Waals surface area contributed by atoms with Crippen LogP contribution in [0.15, 0.2) is 48.2 Å². The first-order valence-electron chi connectivity index (χ1n) is 16.1. The van der Waals surface area contributed by atoms with Crippen LogP contribution < -0.4 is 15.0 Å². The first-order valence-corrected chi connectivity index (χ1v) is 16.1. The second kappa shape index (κ2) is 11.5. The maximum absolute atomic E-state index is 16.9. The molecule has 2 bridgehead atoms. The van der Waals surface area contributed by atoms with E-state index in [2.05, 4.69) is 32.1 Å². The zero-order valence-electron chi connectivity index (χ0n) is 25.9. The van der Waals surface area contributed by atoms with E-state index in [9.17, 15) is 5.11 Å². The first-order chi connectivity index (χ1) is 22.4. The number of terminal acetylenes is 1. The van der Waals surface area contributed by atoms with E-state index in [1.165, 1.54) is 11.6 Å². The van der Waals surface area contributed by atoms with Gasteiger partial charge < -0.3 is 24.8 Å². The van der Waals surface area contributed by atoms with Crippen molar-refractivity contribution in [2.75, 3.05) is 51.4 Å². The molecule has 236 valence electrons. The fourth-order valence-corrected chi connectivity index (χ4v) is 8.12. The van der Waals surface area contributed by atoms with Crippen molar-refractivity contribution >= 4 is 27.5 Å². The highest BCUT2D eigenvalue weighted by molar-refractivity contribution is 6.02. The van der Waals surface area contributed by atoms with Gasteiger partial charge in [0.2, 0.25) is 0 Å². The Morgan fingerprint density at radius 3 is 2.87 bits per heavy atom. The van der Waals surface area contributed by atoms with Gasteiger partial charge in [0.1, 0.15) is 29.4 Å². The van der Waals surface area contributed by atoms with Crippen molar-refractivity contribution in [3.63, 3.8) is 0 Å². The number of phenols is 1. The van der Waals surface area contributed by atoms with Crippen LogP contribution in [-0.4, -0.2) is 89.1 Å². The number of fused-ring (bicyclic) bond motifs is 5. The lowest BCUT2D eigenvalue weighted by Gasteiger charge is -2.34. The molecule has 8 rings (SSSR count). The molecule has 4 aromatic rings. The number of hydrogen-bond acceptors (Lipinski definition) is 9. The monoisotopic (exact) mass is 620 g/mol. The van der Waals surface area contributed by atoms with Crippen LogP contribution in [0.1, 0.15) is 37.7 Å². The van der Waals surface area contributed by atoms with Gasteiger partial charge in [-0.2, -0.15) is 9.97 Å². The van der Waals surface area contributed by atoms with E-state index in [0.717, 1.165) is 58.3 Å². The van der Waals surface area contributed by atoms with Crippen molar-refractivity contribution in [3.05, 3.63) is 59.6 Å². The molecule has 4 saturated heterocycles. The lowest BCUT2D eigenvalue weighted by atomic mass is 9.93. The number of hydrogen-bond donors (Lipinski definition) is 2. The minimum atomic E-state index is -0.603. The summed E-state index contributed by atoms with van der Waals surface area (Å²) in [5.74, 6) is 2.73. The van der Waals surface area contributed by atoms with Crippen molar-refractivity contribution in [2.24, 2.45) is 0 Å². The minimum Gasteiger partial charge on any atom is -0.508 e. The number of methoxy groups -OCH3 is 1. The normalized spacial score (nSPS) is 25.1. The molecule has 3 atom stereocenters. The standard InChI is InChI=1S/C36H37FN6O3/c1-3-23-6-4-7-24-14-27(44)15-28(30(23)24)32-31(37)33-29(17-38-32)34(42-19-25-8-9-26(20-42)39-25)41-35(40-33)46-21-36-11-5-12-43(36)18-22(16-36)10-13-45-2/h1,4,6-7,10,14-15,17,25-26,39,44H,5,8-9,11-13,16,18-21H2,2H3/b22-10-. The number of piperazine rings is 1. The van der Waals surface area contributed by atoms with Crippen molar-refractivity contribution in [1.82, 2.24) is 25.2 Å². The molecular formula is C36H37FN6O3. The Bertz CT molecular complexity index is 1910. The van der Waals surface area contributed by atoms with Crippen LogP contribution in [-0.2, 0) is 4.74 Å². The van der Waals surface area contributed by atoms with Gasteiger partial charge >= 0.3 is 6.01 Å². The van der Waals surface area contributed by atoms with Gasteiger partial charge in [0.05, 0.1) is 17.5 Å². The highest BCUT2D eigenvalue weighted by Gasteiger charge is 2.47. The van der Waals surface area contributed by atoms with Crippen molar-refractivity contribution in [3.8, 4) is 35.4 Å². The zero-order chi connectivity index (χ0) is 31.4. The van der Waals surface area contributed by atoms with Crippen LogP contribution >= 0.6 is 0 Å². The summed E-state index contributed by atoms with van der Waals surface area (Å²) in [4.78, 5) is 19.0. The third-order valence-corrected chi connectivity index (χ3v) is 10.2. The van der Waals surface area contributed by atoms with E-state index in [1.807, 2.05) is 12.1 Å². The van der Waals surface area contributed by atoms with Gasteiger partial charge in [0.15, 0.2) is 5.82 Å². The van der Waals surface area contributed by atoms with Crippen LogP contribution in [0.3, 0.4) is 0 Å². The van der Waals surface area contributed by atoms with Crippen LogP contribution in [0.25, 0.3) is 32.9 Å². The average molecular weight is 621 g/mol. The molecule has 9 nitrogen and oxygen atoms in total. The summed E-state index contributed by atoms with van der Waals surface area (Å²) in [7, 11) is 1.71. The maximum Gasteiger partial charge on any atom is 0.319 e. The number of anilines is 1. The van der Waals surface area contributed by atoms with Crippen molar-refractivity contribution < 1.29 is 19.0 Å². The molecule has 2 aromatic carbocycles. The topological polar surface area (TPSA) is 95.9 Å². The number of aromatic nitrogens is 3. The average Bonchev–Trinajstić information content (AvgIpc) is 3.73. The summed E-state index contributed by atoms with van der Waals surface area (Å²) in [5, 5.41) is 16.1. The smallest absolute Gasteiger partial charge is 0.319 e. The lowest BCUT2D eigenvalue weighted by molar-refractivity contribution is 0.108. The van der Waals surface area contributed by atoms with Crippen LogP contribution in [0, 0.1) is 18.2 Å². The molecule has 0 amide bonds. The van der Waals surface area contributed by atoms with Gasteiger partial charge in [-0.3, -0.25) is 9.88 Å². The van der Waals surface area contributed by atoms with Crippen molar-refractivity contribution in [2.45, 2.75) is 49.7 Å². The van der Waals surface area contributed by atoms with Crippen LogP contribution in [0.2, 0.25) is 0 Å². The minimum absolute atomic E-state index is 0.00230. The summed E-state index contributed by atoms with van der Waals surface area (Å²) < 4.78 is 28.6. The Morgan fingerprint density at radius 1 is 1.22 bits per heavy atom. The number of phenolic OH excluding ortho intramolecular Hbond substituents is 1. The summed E-state index contributed by atoms with van der Waals surface area (Å²) in [6.45, 7) is 4.46. The number of halogens is 1. The predicted molar refractivity (Wildman–Crippen MR) is 176 cm³/mol. The number of nitrogens with one attached hydrogen (secondary N) is 1. The zero-order valence-corrected chi connectivity index (χ0v) is 25.9. The fourth-order valence-electron chi connectivity index (χ4n) is 8.12. The Morgan fingerprint density at radius 2 is 2.07 bits per heavy atom. The quantitative estimate of drug-likeness (QED) is 0.223. The van der Waals surface area contributed by atoms with Gasteiger partial charge in [-0.25, -0.2) is 4.39 Å². The second-order valence-electron chi connectivity index (χ2n) is 13.1. The van der Waals surface area contributed by atoms with Crippen molar-refractivity contribution in [1.29, 1.82) is 0 Å². The molecule has 2 aromatic heterocycles. The van der Waals surface area contributed by atoms with Crippen LogP contribution in [0.4, 0.5) is 10.2 Å². The van der Waals surface area contributed by atoms with Gasteiger partial charge in [0, 0.05) is 61.5 Å². The first kappa shape index (κ1) is 29.1. The number of rotatable bonds is 7. The number of nitrogens with zero attached hydrogens (tertiary/aromatic N) is 5. The van der Waals surface area contributed by atoms with Gasteiger partial charge in [-0.1, -0.05) is 29.7 Å². The van der Waals surface area contributed by atoms with E-state index >= 15 is 4.39 Å². The Labute approximate surface area is 267 Å². The lowest BCUT2D eigenvalue weighted by Crippen LogP contribution is -2.51. The molecule has 4 aliphatic rings. The SMILES string of the molecule is C#Cc1cccc2cc(O)cc(-c3ncc4c(N5CC6CCC(C5)N6)nc(OCC56CCCN5C/C(=C\COC)C6)nc4c3F)c12. The predicted octanol–water partition coefficient (Wildman–Crippen LogP) is 4.80. The number of aromatic hydroxyl groups is 1. The third kappa shape index (κ3) is 4.94. The molecule has 46 heavy (non-hydrogen) atoms. The Kier molecular flexibility index (Phi) is 7.28. The second-order valence-corrected chi connectivity index (χ2v) is 13.1. The molecule has 0 spiro atoms. The van der Waals surface area contributed by atoms with E-state index in [0.29, 0.717) is 58.4 Å². The van der Waals surface area contributed by atoms with E-state index in [-0.39, 0.29) is 28.5 Å². The van der Waals surface area contributed by atoms with Gasteiger partial charge in [-0.15, -0.1) is 6.42 Å². The van der Waals surface area contributed by atoms with Gasteiger partial charge in [-0.05, 0) is 62.2 Å². The summed E-state index contributed by atoms with van der Waals surface area (Å²) in [6.07, 6.45) is 14.9. The summed E-state index contributed by atoms with van der Waals surface area (Å²) in [5.41, 5.74) is 2.42. The number of benzene rings is 2. The molecule has 6 heterocycles. The molecule has 4 aliphatic heterocycles. The molecule has 2 N–H and O–H groups in total. The van der Waals surface area contributed by atoms with Crippen LogP contribution in [0.5, 0.6) is 11.8 Å². The maximum atomic E-state index is 16.9. The third-order valence-electron chi connectivity index (χ3n) is 10.2. The molecule has 0 saturated carbocycles. The molecule has 4 fully saturated rings. The van der Waals surface area contributed by atoms with Gasteiger partial charge in [0.25, 0.3) is 0 Å². The summed E-state index contributed by atoms with van der Waals surface area (Å²) >= 11 is 0. The highest BCUT2D eigenvalue weighted by Crippen LogP contribution is 2.42. The Balaban J connectivity index is 1.23. The number of ether oxygens (including phenoxy) is 2. The summed E-state index contributed by atoms with van der Waals surface area (Å²) in [6, 6.07) is 9.46. The molecular weight excluding hydrogens is 583 g/mol. The van der Waals surface area contributed by atoms with E-state index < -0.39 is 5.82 Å². The molecule has 3 unspecified atom stereocenters. The number of pyridine rings is 1.